The van der Waals surface area contributed by atoms with Crippen molar-refractivity contribution >= 4 is 17.5 Å². The van der Waals surface area contributed by atoms with Gasteiger partial charge < -0.3 is 15.1 Å². The van der Waals surface area contributed by atoms with Crippen molar-refractivity contribution in [3.8, 4) is 0 Å². The molecular formula is C24H29FN4O2. The number of halogens is 1. The zero-order valence-corrected chi connectivity index (χ0v) is 17.7. The fourth-order valence-corrected chi connectivity index (χ4v) is 4.29. The highest BCUT2D eigenvalue weighted by Gasteiger charge is 2.26. The van der Waals surface area contributed by atoms with Crippen LogP contribution in [0.3, 0.4) is 0 Å². The quantitative estimate of drug-likeness (QED) is 0.801. The zero-order chi connectivity index (χ0) is 21.6. The van der Waals surface area contributed by atoms with Crippen LogP contribution in [0.4, 0.5) is 10.1 Å². The van der Waals surface area contributed by atoms with Crippen molar-refractivity contribution in [1.82, 2.24) is 15.1 Å². The van der Waals surface area contributed by atoms with E-state index in [1.807, 2.05) is 46.2 Å². The first-order valence-corrected chi connectivity index (χ1v) is 11.0. The summed E-state index contributed by atoms with van der Waals surface area (Å²) in [6, 6.07) is 16.2. The van der Waals surface area contributed by atoms with E-state index in [1.54, 1.807) is 12.1 Å². The molecule has 1 N–H and O–H groups in total. The number of nitrogens with one attached hydrogen (secondary N) is 1. The number of hydrogen-bond donors (Lipinski definition) is 1. The summed E-state index contributed by atoms with van der Waals surface area (Å²) in [4.78, 5) is 31.1. The minimum absolute atomic E-state index is 0.0390. The standard InChI is InChI=1S/C24H29FN4O2/c25-21-8-4-5-9-22(21)28-14-16-29(17-15-28)23(30)18-27-12-10-20(11-13-27)26-24(31)19-6-2-1-3-7-19/h1-9,20H,10-18H2,(H,26,31). The summed E-state index contributed by atoms with van der Waals surface area (Å²) in [5.41, 5.74) is 1.28. The molecular weight excluding hydrogens is 395 g/mol. The van der Waals surface area contributed by atoms with E-state index in [4.69, 9.17) is 0 Å². The Hall–Kier alpha value is -2.93. The molecule has 31 heavy (non-hydrogen) atoms. The molecule has 2 saturated heterocycles. The number of benzene rings is 2. The minimum atomic E-state index is -0.218. The summed E-state index contributed by atoms with van der Waals surface area (Å²) in [5, 5.41) is 3.10. The van der Waals surface area contributed by atoms with E-state index < -0.39 is 0 Å². The van der Waals surface area contributed by atoms with Gasteiger partial charge in [0.2, 0.25) is 5.91 Å². The fraction of sp³-hybridized carbons (Fsp3) is 0.417. The third kappa shape index (κ3) is 5.41. The summed E-state index contributed by atoms with van der Waals surface area (Å²) in [5.74, 6) is -0.132. The first-order chi connectivity index (χ1) is 15.1. The smallest absolute Gasteiger partial charge is 0.251 e. The molecule has 2 heterocycles. The van der Waals surface area contributed by atoms with Gasteiger partial charge in [0.15, 0.2) is 0 Å². The monoisotopic (exact) mass is 424 g/mol. The number of nitrogens with zero attached hydrogens (tertiary/aromatic N) is 3. The Kier molecular flexibility index (Phi) is 6.82. The van der Waals surface area contributed by atoms with E-state index in [9.17, 15) is 14.0 Å². The molecule has 6 nitrogen and oxygen atoms in total. The molecule has 164 valence electrons. The van der Waals surface area contributed by atoms with E-state index >= 15 is 0 Å². The number of carbonyl (C=O) groups excluding carboxylic acids is 2. The minimum Gasteiger partial charge on any atom is -0.366 e. The summed E-state index contributed by atoms with van der Waals surface area (Å²) < 4.78 is 14.0. The van der Waals surface area contributed by atoms with Gasteiger partial charge in [0.25, 0.3) is 5.91 Å². The highest BCUT2D eigenvalue weighted by molar-refractivity contribution is 5.94. The second-order valence-electron chi connectivity index (χ2n) is 8.21. The number of piperidine rings is 1. The molecule has 0 atom stereocenters. The number of rotatable bonds is 5. The molecule has 2 aromatic rings. The van der Waals surface area contributed by atoms with Crippen molar-refractivity contribution in [2.45, 2.75) is 18.9 Å². The third-order valence-corrected chi connectivity index (χ3v) is 6.14. The number of amides is 2. The molecule has 2 amide bonds. The molecule has 0 saturated carbocycles. The number of carbonyl (C=O) groups is 2. The second kappa shape index (κ2) is 9.92. The molecule has 2 aliphatic heterocycles. The molecule has 0 bridgehead atoms. The normalized spacial score (nSPS) is 18.1. The van der Waals surface area contributed by atoms with Crippen LogP contribution in [0, 0.1) is 5.82 Å². The molecule has 0 radical (unpaired) electrons. The lowest BCUT2D eigenvalue weighted by Gasteiger charge is -2.38. The topological polar surface area (TPSA) is 55.9 Å². The number of piperazine rings is 1. The van der Waals surface area contributed by atoms with Crippen LogP contribution in [0.15, 0.2) is 54.6 Å². The Balaban J connectivity index is 1.19. The molecule has 2 aliphatic rings. The van der Waals surface area contributed by atoms with Crippen LogP contribution >= 0.6 is 0 Å². The maximum atomic E-state index is 14.0. The molecule has 2 fully saturated rings. The second-order valence-corrected chi connectivity index (χ2v) is 8.21. The number of anilines is 1. The van der Waals surface area contributed by atoms with Gasteiger partial charge in [-0.25, -0.2) is 4.39 Å². The maximum absolute atomic E-state index is 14.0. The molecule has 2 aromatic carbocycles. The van der Waals surface area contributed by atoms with Gasteiger partial charge in [-0.15, -0.1) is 0 Å². The highest BCUT2D eigenvalue weighted by atomic mass is 19.1. The molecule has 0 aliphatic carbocycles. The lowest BCUT2D eigenvalue weighted by atomic mass is 10.0. The van der Waals surface area contributed by atoms with Crippen LogP contribution < -0.4 is 10.2 Å². The molecule has 0 aromatic heterocycles. The summed E-state index contributed by atoms with van der Waals surface area (Å²) in [6.07, 6.45) is 1.68. The summed E-state index contributed by atoms with van der Waals surface area (Å²) >= 11 is 0. The largest absolute Gasteiger partial charge is 0.366 e. The SMILES string of the molecule is O=C(NC1CCN(CC(=O)N2CCN(c3ccccc3F)CC2)CC1)c1ccccc1. The van der Waals surface area contributed by atoms with Gasteiger partial charge in [0.05, 0.1) is 12.2 Å². The van der Waals surface area contributed by atoms with Crippen LogP contribution in [0.1, 0.15) is 23.2 Å². The van der Waals surface area contributed by atoms with Crippen LogP contribution in [0.25, 0.3) is 0 Å². The van der Waals surface area contributed by atoms with Gasteiger partial charge in [-0.05, 0) is 37.1 Å². The van der Waals surface area contributed by atoms with Gasteiger partial charge in [0, 0.05) is 50.9 Å². The average molecular weight is 425 g/mol. The van der Waals surface area contributed by atoms with E-state index in [0.29, 0.717) is 44.0 Å². The molecule has 4 rings (SSSR count). The van der Waals surface area contributed by atoms with E-state index in [0.717, 1.165) is 25.9 Å². The summed E-state index contributed by atoms with van der Waals surface area (Å²) in [6.45, 7) is 4.48. The Morgan fingerprint density at radius 3 is 2.19 bits per heavy atom. The predicted octanol–water partition coefficient (Wildman–Crippen LogP) is 2.37. The Morgan fingerprint density at radius 2 is 1.52 bits per heavy atom. The van der Waals surface area contributed by atoms with Crippen molar-refractivity contribution < 1.29 is 14.0 Å². The van der Waals surface area contributed by atoms with E-state index in [2.05, 4.69) is 10.2 Å². The van der Waals surface area contributed by atoms with E-state index in [1.165, 1.54) is 6.07 Å². The van der Waals surface area contributed by atoms with Gasteiger partial charge in [-0.3, -0.25) is 14.5 Å². The first kappa shape index (κ1) is 21.3. The van der Waals surface area contributed by atoms with E-state index in [-0.39, 0.29) is 23.7 Å². The number of likely N-dealkylation sites (tertiary alicyclic amines) is 1. The van der Waals surface area contributed by atoms with Crippen LogP contribution in [-0.4, -0.2) is 73.5 Å². The van der Waals surface area contributed by atoms with Crippen molar-refractivity contribution in [2.24, 2.45) is 0 Å². The average Bonchev–Trinajstić information content (AvgIpc) is 2.81. The fourth-order valence-electron chi connectivity index (χ4n) is 4.29. The van der Waals surface area contributed by atoms with Crippen molar-refractivity contribution in [2.75, 3.05) is 50.7 Å². The Labute approximate surface area is 182 Å². The van der Waals surface area contributed by atoms with Gasteiger partial charge in [-0.2, -0.15) is 0 Å². The molecule has 7 heteroatoms. The summed E-state index contributed by atoms with van der Waals surface area (Å²) in [7, 11) is 0. The highest BCUT2D eigenvalue weighted by Crippen LogP contribution is 2.20. The molecule has 0 spiro atoms. The lowest BCUT2D eigenvalue weighted by molar-refractivity contribution is -0.133. The predicted molar refractivity (Wildman–Crippen MR) is 119 cm³/mol. The van der Waals surface area contributed by atoms with Gasteiger partial charge in [-0.1, -0.05) is 30.3 Å². The van der Waals surface area contributed by atoms with Gasteiger partial charge in [0.1, 0.15) is 5.82 Å². The molecule has 0 unspecified atom stereocenters. The van der Waals surface area contributed by atoms with Crippen molar-refractivity contribution in [3.05, 3.63) is 66.0 Å². The lowest BCUT2D eigenvalue weighted by Crippen LogP contribution is -2.53. The van der Waals surface area contributed by atoms with Gasteiger partial charge >= 0.3 is 0 Å². The number of para-hydroxylation sites is 1. The Bertz CT molecular complexity index is 891. The Morgan fingerprint density at radius 1 is 0.871 bits per heavy atom. The first-order valence-electron chi connectivity index (χ1n) is 11.0. The van der Waals surface area contributed by atoms with Crippen LogP contribution in [-0.2, 0) is 4.79 Å². The maximum Gasteiger partial charge on any atom is 0.251 e. The zero-order valence-electron chi connectivity index (χ0n) is 17.7. The van der Waals surface area contributed by atoms with Crippen LogP contribution in [0.5, 0.6) is 0 Å². The van der Waals surface area contributed by atoms with Crippen molar-refractivity contribution in [3.63, 3.8) is 0 Å². The third-order valence-electron chi connectivity index (χ3n) is 6.14. The number of hydrogen-bond acceptors (Lipinski definition) is 4. The van der Waals surface area contributed by atoms with Crippen LogP contribution in [0.2, 0.25) is 0 Å². The van der Waals surface area contributed by atoms with Crippen molar-refractivity contribution in [1.29, 1.82) is 0 Å².